The van der Waals surface area contributed by atoms with E-state index in [0.717, 1.165) is 19.7 Å². The molecular weight excluding hydrogens is 224 g/mol. The topological polar surface area (TPSA) is 24.5 Å². The third kappa shape index (κ3) is 4.52. The van der Waals surface area contributed by atoms with Gasteiger partial charge < -0.3 is 10.1 Å². The number of methoxy groups -OCH3 is 1. The summed E-state index contributed by atoms with van der Waals surface area (Å²) < 4.78 is 5.27. The van der Waals surface area contributed by atoms with Crippen LogP contribution in [0.2, 0.25) is 0 Å². The molecule has 1 aliphatic rings. The summed E-state index contributed by atoms with van der Waals surface area (Å²) in [5, 5.41) is 3.41. The molecule has 0 spiro atoms. The molecule has 0 aromatic heterocycles. The molecule has 0 aromatic carbocycles. The number of nitrogens with zero attached hydrogens (tertiary/aromatic N) is 1. The van der Waals surface area contributed by atoms with E-state index in [1.54, 1.807) is 7.11 Å². The minimum Gasteiger partial charge on any atom is -0.383 e. The van der Waals surface area contributed by atoms with Crippen LogP contribution in [0.5, 0.6) is 0 Å². The molecule has 0 amide bonds. The van der Waals surface area contributed by atoms with Gasteiger partial charge in [0.1, 0.15) is 0 Å². The lowest BCUT2D eigenvalue weighted by Gasteiger charge is -2.38. The van der Waals surface area contributed by atoms with E-state index in [9.17, 15) is 0 Å². The molecule has 18 heavy (non-hydrogen) atoms. The summed E-state index contributed by atoms with van der Waals surface area (Å²) in [7, 11) is 3.89. The van der Waals surface area contributed by atoms with E-state index in [2.05, 4.69) is 31.1 Å². The van der Waals surface area contributed by atoms with E-state index < -0.39 is 0 Å². The van der Waals surface area contributed by atoms with E-state index >= 15 is 0 Å². The third-order valence-electron chi connectivity index (χ3n) is 4.55. The smallest absolute Gasteiger partial charge is 0.0589 e. The predicted molar refractivity (Wildman–Crippen MR) is 78.0 cm³/mol. The summed E-state index contributed by atoms with van der Waals surface area (Å²) in [4.78, 5) is 2.63. The highest BCUT2D eigenvalue weighted by atomic mass is 16.5. The Hall–Kier alpha value is -0.120. The van der Waals surface area contributed by atoms with Gasteiger partial charge in [0.05, 0.1) is 6.61 Å². The zero-order chi connectivity index (χ0) is 13.4. The fraction of sp³-hybridized carbons (Fsp3) is 1.00. The lowest BCUT2D eigenvalue weighted by Crippen LogP contribution is -2.46. The number of hydrogen-bond donors (Lipinski definition) is 1. The van der Waals surface area contributed by atoms with Gasteiger partial charge in [-0.3, -0.25) is 4.90 Å². The van der Waals surface area contributed by atoms with E-state index in [1.165, 1.54) is 38.6 Å². The van der Waals surface area contributed by atoms with Gasteiger partial charge in [-0.05, 0) is 38.6 Å². The van der Waals surface area contributed by atoms with Crippen molar-refractivity contribution in [2.45, 2.75) is 52.0 Å². The fourth-order valence-corrected chi connectivity index (χ4v) is 3.24. The number of rotatable bonds is 9. The van der Waals surface area contributed by atoms with Gasteiger partial charge >= 0.3 is 0 Å². The SMILES string of the molecule is CCC(C)N(CCOC)CC1(CNC)CCCC1. The number of hydrogen-bond acceptors (Lipinski definition) is 3. The average Bonchev–Trinajstić information content (AvgIpc) is 2.82. The predicted octanol–water partition coefficient (Wildman–Crippen LogP) is 2.51. The normalized spacial score (nSPS) is 20.5. The van der Waals surface area contributed by atoms with E-state index in [0.29, 0.717) is 11.5 Å². The molecule has 0 saturated heterocycles. The standard InChI is InChI=1S/C15H32N2O/c1-5-14(2)17(10-11-18-4)13-15(12-16-3)8-6-7-9-15/h14,16H,5-13H2,1-4H3. The molecule has 1 rings (SSSR count). The molecule has 1 aliphatic carbocycles. The first kappa shape index (κ1) is 15.9. The lowest BCUT2D eigenvalue weighted by molar-refractivity contribution is 0.0790. The maximum absolute atomic E-state index is 5.27. The van der Waals surface area contributed by atoms with Crippen molar-refractivity contribution in [3.8, 4) is 0 Å². The summed E-state index contributed by atoms with van der Waals surface area (Å²) in [5.74, 6) is 0. The van der Waals surface area contributed by atoms with Crippen LogP contribution in [0.3, 0.4) is 0 Å². The summed E-state index contributed by atoms with van der Waals surface area (Å²) in [6, 6.07) is 0.662. The van der Waals surface area contributed by atoms with Gasteiger partial charge in [-0.15, -0.1) is 0 Å². The van der Waals surface area contributed by atoms with Crippen LogP contribution < -0.4 is 5.32 Å². The summed E-state index contributed by atoms with van der Waals surface area (Å²) in [5.41, 5.74) is 0.506. The van der Waals surface area contributed by atoms with Gasteiger partial charge in [-0.1, -0.05) is 19.8 Å². The Morgan fingerprint density at radius 2 is 2.00 bits per heavy atom. The molecular formula is C15H32N2O. The monoisotopic (exact) mass is 256 g/mol. The van der Waals surface area contributed by atoms with E-state index in [4.69, 9.17) is 4.74 Å². The zero-order valence-electron chi connectivity index (χ0n) is 12.8. The Morgan fingerprint density at radius 3 is 2.50 bits per heavy atom. The molecule has 1 saturated carbocycles. The molecule has 0 aromatic rings. The van der Waals surface area contributed by atoms with Crippen molar-refractivity contribution in [3.63, 3.8) is 0 Å². The van der Waals surface area contributed by atoms with Crippen LogP contribution in [0.4, 0.5) is 0 Å². The van der Waals surface area contributed by atoms with Crippen LogP contribution in [0, 0.1) is 5.41 Å². The Balaban J connectivity index is 2.60. The number of nitrogens with one attached hydrogen (secondary N) is 1. The Kier molecular flexibility index (Phi) is 7.20. The highest BCUT2D eigenvalue weighted by molar-refractivity contribution is 4.90. The molecule has 3 heteroatoms. The first-order valence-electron chi connectivity index (χ1n) is 7.55. The van der Waals surface area contributed by atoms with E-state index in [1.807, 2.05) is 0 Å². The molecule has 0 radical (unpaired) electrons. The van der Waals surface area contributed by atoms with E-state index in [-0.39, 0.29) is 0 Å². The zero-order valence-corrected chi connectivity index (χ0v) is 12.8. The van der Waals surface area contributed by atoms with Crippen molar-refractivity contribution < 1.29 is 4.74 Å². The first-order valence-corrected chi connectivity index (χ1v) is 7.55. The van der Waals surface area contributed by atoms with Gasteiger partial charge in [0.2, 0.25) is 0 Å². The number of ether oxygens (including phenoxy) is 1. The molecule has 1 atom stereocenters. The van der Waals surface area contributed by atoms with Crippen LogP contribution in [0.15, 0.2) is 0 Å². The van der Waals surface area contributed by atoms with Crippen molar-refractivity contribution in [1.29, 1.82) is 0 Å². The van der Waals surface area contributed by atoms with Crippen LogP contribution in [0.25, 0.3) is 0 Å². The van der Waals surface area contributed by atoms with Crippen LogP contribution >= 0.6 is 0 Å². The minimum absolute atomic E-state index is 0.506. The quantitative estimate of drug-likeness (QED) is 0.686. The maximum atomic E-state index is 5.27. The molecule has 1 unspecified atom stereocenters. The second kappa shape index (κ2) is 8.13. The van der Waals surface area contributed by atoms with Gasteiger partial charge in [-0.25, -0.2) is 0 Å². The largest absolute Gasteiger partial charge is 0.383 e. The highest BCUT2D eigenvalue weighted by Gasteiger charge is 2.35. The van der Waals surface area contributed by atoms with Crippen molar-refractivity contribution in [1.82, 2.24) is 10.2 Å². The Morgan fingerprint density at radius 1 is 1.33 bits per heavy atom. The summed E-state index contributed by atoms with van der Waals surface area (Å²) in [6.07, 6.45) is 6.79. The second-order valence-corrected chi connectivity index (χ2v) is 5.96. The molecule has 0 bridgehead atoms. The lowest BCUT2D eigenvalue weighted by atomic mass is 9.85. The summed E-state index contributed by atoms with van der Waals surface area (Å²) in [6.45, 7) is 8.93. The Labute approximate surface area is 113 Å². The highest BCUT2D eigenvalue weighted by Crippen LogP contribution is 2.38. The fourth-order valence-electron chi connectivity index (χ4n) is 3.24. The Bertz CT molecular complexity index is 215. The van der Waals surface area contributed by atoms with Crippen molar-refractivity contribution in [2.24, 2.45) is 5.41 Å². The molecule has 0 heterocycles. The molecule has 1 N–H and O–H groups in total. The van der Waals surface area contributed by atoms with Gasteiger partial charge in [0, 0.05) is 32.8 Å². The van der Waals surface area contributed by atoms with Crippen molar-refractivity contribution in [2.75, 3.05) is 40.4 Å². The van der Waals surface area contributed by atoms with Gasteiger partial charge in [-0.2, -0.15) is 0 Å². The maximum Gasteiger partial charge on any atom is 0.0589 e. The molecule has 0 aliphatic heterocycles. The van der Waals surface area contributed by atoms with Crippen molar-refractivity contribution in [3.05, 3.63) is 0 Å². The van der Waals surface area contributed by atoms with Crippen LogP contribution in [-0.2, 0) is 4.74 Å². The van der Waals surface area contributed by atoms with Gasteiger partial charge in [0.25, 0.3) is 0 Å². The molecule has 108 valence electrons. The van der Waals surface area contributed by atoms with Crippen LogP contribution in [0.1, 0.15) is 46.0 Å². The summed E-state index contributed by atoms with van der Waals surface area (Å²) >= 11 is 0. The average molecular weight is 256 g/mol. The molecule has 1 fully saturated rings. The minimum atomic E-state index is 0.506. The second-order valence-electron chi connectivity index (χ2n) is 5.96. The van der Waals surface area contributed by atoms with Crippen LogP contribution in [-0.4, -0.2) is 51.3 Å². The first-order chi connectivity index (χ1) is 8.67. The third-order valence-corrected chi connectivity index (χ3v) is 4.55. The molecule has 3 nitrogen and oxygen atoms in total. The van der Waals surface area contributed by atoms with Crippen molar-refractivity contribution >= 4 is 0 Å². The van der Waals surface area contributed by atoms with Gasteiger partial charge in [0.15, 0.2) is 0 Å².